The van der Waals surface area contributed by atoms with Gasteiger partial charge in [-0.3, -0.25) is 14.5 Å². The van der Waals surface area contributed by atoms with Gasteiger partial charge in [0.1, 0.15) is 0 Å². The Hall–Kier alpha value is -2.71. The number of hydrogen-bond acceptors (Lipinski definition) is 4. The molecular weight excluding hydrogens is 442 g/mol. The third-order valence-corrected chi connectivity index (χ3v) is 5.98. The van der Waals surface area contributed by atoms with Crippen molar-refractivity contribution in [2.24, 2.45) is 0 Å². The lowest BCUT2D eigenvalue weighted by atomic mass is 10.2. The summed E-state index contributed by atoms with van der Waals surface area (Å²) < 4.78 is 28.7. The highest BCUT2D eigenvalue weighted by Gasteiger charge is 2.18. The summed E-state index contributed by atoms with van der Waals surface area (Å²) >= 11 is 3.34. The number of hydrogen-bond donors (Lipinski definition) is 2. The van der Waals surface area contributed by atoms with Crippen LogP contribution in [0.5, 0.6) is 0 Å². The summed E-state index contributed by atoms with van der Waals surface area (Å²) in [5.74, 6) is -0.376. The van der Waals surface area contributed by atoms with Crippen molar-refractivity contribution >= 4 is 37.5 Å². The molecular formula is C20H18BrN3O3S. The largest absolute Gasteiger partial charge is 0.346 e. The summed E-state index contributed by atoms with van der Waals surface area (Å²) in [5, 5.41) is 2.74. The fraction of sp³-hybridized carbons (Fsp3) is 0.100. The fourth-order valence-electron chi connectivity index (χ4n) is 2.50. The zero-order chi connectivity index (χ0) is 20.1. The van der Waals surface area contributed by atoms with Gasteiger partial charge in [-0.1, -0.05) is 18.2 Å². The number of aromatic nitrogens is 1. The molecule has 0 aliphatic rings. The van der Waals surface area contributed by atoms with Crippen LogP contribution in [0.25, 0.3) is 0 Å². The van der Waals surface area contributed by atoms with E-state index in [4.69, 9.17) is 0 Å². The summed E-state index contributed by atoms with van der Waals surface area (Å²) in [6, 6.07) is 16.7. The molecule has 1 heterocycles. The number of halogens is 1. The fourth-order valence-corrected chi connectivity index (χ4v) is 4.09. The molecule has 0 spiro atoms. The molecule has 0 aliphatic heterocycles. The Balaban J connectivity index is 1.77. The first-order chi connectivity index (χ1) is 13.3. The lowest BCUT2D eigenvalue weighted by Gasteiger charge is -2.12. The van der Waals surface area contributed by atoms with E-state index in [1.165, 1.54) is 18.2 Å². The third kappa shape index (κ3) is 4.96. The molecule has 1 amide bonds. The quantitative estimate of drug-likeness (QED) is 0.585. The number of nitrogens with zero attached hydrogens (tertiary/aromatic N) is 1. The first kappa shape index (κ1) is 20.0. The van der Waals surface area contributed by atoms with E-state index in [-0.39, 0.29) is 22.9 Å². The lowest BCUT2D eigenvalue weighted by Crippen LogP contribution is -2.23. The van der Waals surface area contributed by atoms with Crippen molar-refractivity contribution in [3.63, 3.8) is 0 Å². The average Bonchev–Trinajstić information content (AvgIpc) is 2.69. The number of anilines is 1. The van der Waals surface area contributed by atoms with Crippen LogP contribution in [0.4, 0.5) is 5.69 Å². The summed E-state index contributed by atoms with van der Waals surface area (Å²) in [6.45, 7) is 2.13. The predicted octanol–water partition coefficient (Wildman–Crippen LogP) is 3.88. The van der Waals surface area contributed by atoms with E-state index >= 15 is 0 Å². The molecule has 0 saturated heterocycles. The van der Waals surface area contributed by atoms with E-state index in [1.54, 1.807) is 36.5 Å². The molecule has 1 aromatic heterocycles. The smallest absolute Gasteiger partial charge is 0.261 e. The summed E-state index contributed by atoms with van der Waals surface area (Å²) in [6.07, 6.45) is 1.64. The molecule has 28 heavy (non-hydrogen) atoms. The number of amides is 1. The predicted molar refractivity (Wildman–Crippen MR) is 112 cm³/mol. The standard InChI is InChI=1S/C20H18BrN3O3S/c1-14-8-9-18(21)19(11-14)24-28(26,27)17-7-4-5-15(12-17)20(25)23-13-16-6-2-3-10-22-16/h2-12,24H,13H2,1H3,(H,23,25). The Morgan fingerprint density at radius 2 is 1.89 bits per heavy atom. The van der Waals surface area contributed by atoms with Gasteiger partial charge in [0.05, 0.1) is 22.8 Å². The highest BCUT2D eigenvalue weighted by molar-refractivity contribution is 9.10. The van der Waals surface area contributed by atoms with Gasteiger partial charge in [-0.15, -0.1) is 0 Å². The second kappa shape index (κ2) is 8.53. The minimum Gasteiger partial charge on any atom is -0.346 e. The monoisotopic (exact) mass is 459 g/mol. The number of carbonyl (C=O) groups is 1. The van der Waals surface area contributed by atoms with Gasteiger partial charge in [-0.05, 0) is 70.9 Å². The van der Waals surface area contributed by atoms with E-state index in [0.29, 0.717) is 15.9 Å². The van der Waals surface area contributed by atoms with Gasteiger partial charge in [0.15, 0.2) is 0 Å². The topological polar surface area (TPSA) is 88.2 Å². The van der Waals surface area contributed by atoms with Crippen molar-refractivity contribution in [2.45, 2.75) is 18.4 Å². The number of aryl methyl sites for hydroxylation is 1. The number of pyridine rings is 1. The van der Waals surface area contributed by atoms with Crippen LogP contribution in [-0.4, -0.2) is 19.3 Å². The molecule has 0 atom stereocenters. The Kier molecular flexibility index (Phi) is 6.11. The highest BCUT2D eigenvalue weighted by atomic mass is 79.9. The molecule has 0 aliphatic carbocycles. The molecule has 3 rings (SSSR count). The van der Waals surface area contributed by atoms with Crippen molar-refractivity contribution < 1.29 is 13.2 Å². The van der Waals surface area contributed by atoms with Gasteiger partial charge >= 0.3 is 0 Å². The van der Waals surface area contributed by atoms with E-state index in [1.807, 2.05) is 19.1 Å². The molecule has 0 radical (unpaired) electrons. The number of rotatable bonds is 6. The van der Waals surface area contributed by atoms with Crippen LogP contribution in [0, 0.1) is 6.92 Å². The van der Waals surface area contributed by atoms with Gasteiger partial charge in [0.2, 0.25) is 0 Å². The van der Waals surface area contributed by atoms with Crippen molar-refractivity contribution in [1.82, 2.24) is 10.3 Å². The highest BCUT2D eigenvalue weighted by Crippen LogP contribution is 2.26. The van der Waals surface area contributed by atoms with Gasteiger partial charge in [-0.25, -0.2) is 8.42 Å². The molecule has 0 saturated carbocycles. The molecule has 2 aromatic carbocycles. The second-order valence-corrected chi connectivity index (χ2v) is 8.66. The van der Waals surface area contributed by atoms with Crippen LogP contribution in [-0.2, 0) is 16.6 Å². The minimum absolute atomic E-state index is 0.00592. The van der Waals surface area contributed by atoms with Crippen molar-refractivity contribution in [2.75, 3.05) is 4.72 Å². The van der Waals surface area contributed by atoms with Crippen molar-refractivity contribution in [1.29, 1.82) is 0 Å². The van der Waals surface area contributed by atoms with Crippen LogP contribution in [0.15, 0.2) is 76.2 Å². The summed E-state index contributed by atoms with van der Waals surface area (Å²) in [5.41, 5.74) is 2.32. The maximum atomic E-state index is 12.7. The Morgan fingerprint density at radius 1 is 1.07 bits per heavy atom. The van der Waals surface area contributed by atoms with Crippen LogP contribution in [0.1, 0.15) is 21.6 Å². The van der Waals surface area contributed by atoms with E-state index in [9.17, 15) is 13.2 Å². The van der Waals surface area contributed by atoms with Gasteiger partial charge in [0.25, 0.3) is 15.9 Å². The SMILES string of the molecule is Cc1ccc(Br)c(NS(=O)(=O)c2cccc(C(=O)NCc3ccccn3)c2)c1. The molecule has 2 N–H and O–H groups in total. The lowest BCUT2D eigenvalue weighted by molar-refractivity contribution is 0.0950. The van der Waals surface area contributed by atoms with Crippen LogP contribution < -0.4 is 10.0 Å². The molecule has 144 valence electrons. The third-order valence-electron chi connectivity index (χ3n) is 3.93. The second-order valence-electron chi connectivity index (χ2n) is 6.12. The number of benzene rings is 2. The van der Waals surface area contributed by atoms with Crippen molar-refractivity contribution in [3.8, 4) is 0 Å². The molecule has 0 bridgehead atoms. The average molecular weight is 460 g/mol. The number of sulfonamides is 1. The van der Waals surface area contributed by atoms with Gasteiger partial charge < -0.3 is 5.32 Å². The van der Waals surface area contributed by atoms with E-state index < -0.39 is 10.0 Å². The molecule has 3 aromatic rings. The Labute approximate surface area is 172 Å². The molecule has 6 nitrogen and oxygen atoms in total. The Bertz CT molecular complexity index is 1100. The maximum Gasteiger partial charge on any atom is 0.261 e. The molecule has 8 heteroatoms. The zero-order valence-electron chi connectivity index (χ0n) is 15.0. The molecule has 0 unspecified atom stereocenters. The first-order valence-electron chi connectivity index (χ1n) is 8.42. The van der Waals surface area contributed by atoms with Crippen LogP contribution in [0.3, 0.4) is 0 Å². The normalized spacial score (nSPS) is 11.1. The van der Waals surface area contributed by atoms with E-state index in [0.717, 1.165) is 5.56 Å². The summed E-state index contributed by atoms with van der Waals surface area (Å²) in [4.78, 5) is 16.5. The maximum absolute atomic E-state index is 12.7. The van der Waals surface area contributed by atoms with Crippen LogP contribution >= 0.6 is 15.9 Å². The van der Waals surface area contributed by atoms with Crippen molar-refractivity contribution in [3.05, 3.63) is 88.2 Å². The first-order valence-corrected chi connectivity index (χ1v) is 10.7. The van der Waals surface area contributed by atoms with Gasteiger partial charge in [0, 0.05) is 16.2 Å². The minimum atomic E-state index is -3.85. The van der Waals surface area contributed by atoms with E-state index in [2.05, 4.69) is 31.0 Å². The number of carbonyl (C=O) groups excluding carboxylic acids is 1. The Morgan fingerprint density at radius 3 is 2.64 bits per heavy atom. The number of nitrogens with one attached hydrogen (secondary N) is 2. The van der Waals surface area contributed by atoms with Gasteiger partial charge in [-0.2, -0.15) is 0 Å². The zero-order valence-corrected chi connectivity index (χ0v) is 17.4. The summed E-state index contributed by atoms with van der Waals surface area (Å²) in [7, 11) is -3.85. The molecule has 0 fully saturated rings. The van der Waals surface area contributed by atoms with Crippen LogP contribution in [0.2, 0.25) is 0 Å².